The van der Waals surface area contributed by atoms with Crippen LogP contribution in [0.1, 0.15) is 25.7 Å². The number of ether oxygens (including phenoxy) is 1. The molecule has 1 saturated carbocycles. The van der Waals surface area contributed by atoms with Gasteiger partial charge in [-0.25, -0.2) is 9.97 Å². The van der Waals surface area contributed by atoms with Crippen molar-refractivity contribution in [3.05, 3.63) is 54.3 Å². The topological polar surface area (TPSA) is 69.0 Å². The third-order valence-electron chi connectivity index (χ3n) is 6.32. The maximum atomic E-state index is 5.97. The largest absolute Gasteiger partial charge is 0.494 e. The summed E-state index contributed by atoms with van der Waals surface area (Å²) in [5, 5.41) is 8.25. The second kappa shape index (κ2) is 8.60. The molecule has 0 spiro atoms. The van der Waals surface area contributed by atoms with Crippen LogP contribution in [-0.2, 0) is 0 Å². The number of benzene rings is 1. The molecule has 2 atom stereocenters. The van der Waals surface area contributed by atoms with E-state index in [1.165, 1.54) is 19.3 Å². The number of anilines is 1. The molecule has 8 heteroatoms. The summed E-state index contributed by atoms with van der Waals surface area (Å²) in [6.45, 7) is 2.85. The van der Waals surface area contributed by atoms with Gasteiger partial charge in [-0.1, -0.05) is 11.6 Å². The molecule has 2 aromatic heterocycles. The van der Waals surface area contributed by atoms with Crippen LogP contribution in [0.4, 0.5) is 5.95 Å². The lowest BCUT2D eigenvalue weighted by molar-refractivity contribution is 0.284. The van der Waals surface area contributed by atoms with Crippen molar-refractivity contribution in [1.29, 1.82) is 0 Å². The molecule has 156 valence electrons. The lowest BCUT2D eigenvalue weighted by Crippen LogP contribution is -2.35. The van der Waals surface area contributed by atoms with Gasteiger partial charge in [-0.3, -0.25) is 4.57 Å². The van der Waals surface area contributed by atoms with E-state index >= 15 is 0 Å². The quantitative estimate of drug-likeness (QED) is 0.570. The first-order chi connectivity index (χ1) is 14.8. The Morgan fingerprint density at radius 3 is 2.40 bits per heavy atom. The molecule has 1 aliphatic heterocycles. The average molecular weight is 425 g/mol. The molecule has 7 nitrogen and oxygen atoms in total. The van der Waals surface area contributed by atoms with Gasteiger partial charge in [-0.2, -0.15) is 0 Å². The predicted octanol–water partition coefficient (Wildman–Crippen LogP) is 4.03. The zero-order chi connectivity index (χ0) is 20.3. The van der Waals surface area contributed by atoms with Crippen molar-refractivity contribution in [2.45, 2.75) is 25.7 Å². The van der Waals surface area contributed by atoms with E-state index in [-0.39, 0.29) is 0 Å². The Morgan fingerprint density at radius 1 is 1.00 bits per heavy atom. The highest BCUT2D eigenvalue weighted by molar-refractivity contribution is 6.30. The number of hydrogen-bond donors (Lipinski definition) is 0. The summed E-state index contributed by atoms with van der Waals surface area (Å²) in [6.07, 6.45) is 11.7. The van der Waals surface area contributed by atoms with E-state index in [4.69, 9.17) is 16.3 Å². The number of rotatable bonds is 7. The van der Waals surface area contributed by atoms with Crippen LogP contribution in [0.15, 0.2) is 49.3 Å². The minimum Gasteiger partial charge on any atom is -0.494 e. The van der Waals surface area contributed by atoms with Gasteiger partial charge < -0.3 is 9.64 Å². The second-order valence-electron chi connectivity index (χ2n) is 8.19. The SMILES string of the molecule is Clc1cnc(N2CCC([C@@H]3C[C@@H]3CCOc3ccc(-n4cnnc4)cc3)CC2)nc1. The highest BCUT2D eigenvalue weighted by Gasteiger charge is 2.43. The fraction of sp³-hybridized carbons (Fsp3) is 0.455. The van der Waals surface area contributed by atoms with Gasteiger partial charge in [0.2, 0.25) is 5.95 Å². The smallest absolute Gasteiger partial charge is 0.225 e. The van der Waals surface area contributed by atoms with E-state index in [0.29, 0.717) is 5.02 Å². The zero-order valence-electron chi connectivity index (χ0n) is 16.8. The Hall–Kier alpha value is -2.67. The van der Waals surface area contributed by atoms with Gasteiger partial charge >= 0.3 is 0 Å². The van der Waals surface area contributed by atoms with Crippen LogP contribution < -0.4 is 9.64 Å². The number of aromatic nitrogens is 5. The summed E-state index contributed by atoms with van der Waals surface area (Å²) in [5.41, 5.74) is 1.03. The summed E-state index contributed by atoms with van der Waals surface area (Å²) in [7, 11) is 0. The number of piperidine rings is 1. The van der Waals surface area contributed by atoms with E-state index in [9.17, 15) is 0 Å². The van der Waals surface area contributed by atoms with Crippen LogP contribution in [0.3, 0.4) is 0 Å². The van der Waals surface area contributed by atoms with Crippen molar-refractivity contribution in [3.8, 4) is 11.4 Å². The summed E-state index contributed by atoms with van der Waals surface area (Å²) < 4.78 is 7.85. The highest BCUT2D eigenvalue weighted by atomic mass is 35.5. The molecule has 5 rings (SSSR count). The first-order valence-corrected chi connectivity index (χ1v) is 10.9. The standard InChI is InChI=1S/C22H25ClN6O/c23-18-12-24-22(25-13-18)28-8-5-16(6-9-28)21-11-17(21)7-10-30-20-3-1-19(2-4-20)29-14-26-27-15-29/h1-4,12-17,21H,5-11H2/t17-,21-/m0/s1. The Labute approximate surface area is 181 Å². The molecule has 30 heavy (non-hydrogen) atoms. The molecule has 3 heterocycles. The summed E-state index contributed by atoms with van der Waals surface area (Å²) in [6, 6.07) is 8.07. The number of halogens is 1. The van der Waals surface area contributed by atoms with Gasteiger partial charge in [-0.05, 0) is 67.7 Å². The van der Waals surface area contributed by atoms with Gasteiger partial charge in [-0.15, -0.1) is 10.2 Å². The fourth-order valence-corrected chi connectivity index (χ4v) is 4.65. The molecule has 3 aromatic rings. The first-order valence-electron chi connectivity index (χ1n) is 10.6. The third-order valence-corrected chi connectivity index (χ3v) is 6.52. The first kappa shape index (κ1) is 19.3. The van der Waals surface area contributed by atoms with Crippen LogP contribution in [-0.4, -0.2) is 44.4 Å². The molecular weight excluding hydrogens is 400 g/mol. The molecule has 1 saturated heterocycles. The zero-order valence-corrected chi connectivity index (χ0v) is 17.5. The van der Waals surface area contributed by atoms with E-state index in [0.717, 1.165) is 61.3 Å². The van der Waals surface area contributed by atoms with E-state index in [2.05, 4.69) is 25.1 Å². The summed E-state index contributed by atoms with van der Waals surface area (Å²) >= 11 is 5.89. The lowest BCUT2D eigenvalue weighted by atomic mass is 9.90. The monoisotopic (exact) mass is 424 g/mol. The summed E-state index contributed by atoms with van der Waals surface area (Å²) in [5.74, 6) is 4.21. The normalized spacial score (nSPS) is 21.6. The Morgan fingerprint density at radius 2 is 1.70 bits per heavy atom. The molecular formula is C22H25ClN6O. The van der Waals surface area contributed by atoms with Crippen LogP contribution in [0.2, 0.25) is 5.02 Å². The van der Waals surface area contributed by atoms with Crippen LogP contribution in [0, 0.1) is 17.8 Å². The van der Waals surface area contributed by atoms with Crippen LogP contribution in [0.5, 0.6) is 5.75 Å². The van der Waals surface area contributed by atoms with Crippen molar-refractivity contribution >= 4 is 17.5 Å². The molecule has 0 radical (unpaired) electrons. The Balaban J connectivity index is 1.03. The Kier molecular flexibility index (Phi) is 5.53. The van der Waals surface area contributed by atoms with Gasteiger partial charge in [0.1, 0.15) is 18.4 Å². The van der Waals surface area contributed by atoms with Crippen molar-refractivity contribution < 1.29 is 4.74 Å². The number of nitrogens with zero attached hydrogens (tertiary/aromatic N) is 6. The molecule has 2 aliphatic rings. The van der Waals surface area contributed by atoms with E-state index in [1.54, 1.807) is 25.0 Å². The third kappa shape index (κ3) is 4.41. The highest BCUT2D eigenvalue weighted by Crippen LogP contribution is 2.49. The molecule has 0 N–H and O–H groups in total. The van der Waals surface area contributed by atoms with Crippen molar-refractivity contribution in [1.82, 2.24) is 24.7 Å². The van der Waals surface area contributed by atoms with Crippen LogP contribution in [0.25, 0.3) is 5.69 Å². The van der Waals surface area contributed by atoms with E-state index in [1.807, 2.05) is 28.8 Å². The molecule has 0 unspecified atom stereocenters. The van der Waals surface area contributed by atoms with Crippen molar-refractivity contribution in [2.24, 2.45) is 17.8 Å². The molecule has 2 fully saturated rings. The van der Waals surface area contributed by atoms with Crippen molar-refractivity contribution in [3.63, 3.8) is 0 Å². The van der Waals surface area contributed by atoms with Gasteiger partial charge in [0, 0.05) is 18.8 Å². The molecule has 1 aromatic carbocycles. The fourth-order valence-electron chi connectivity index (χ4n) is 4.55. The summed E-state index contributed by atoms with van der Waals surface area (Å²) in [4.78, 5) is 11.0. The average Bonchev–Trinajstić information content (AvgIpc) is 3.34. The molecule has 0 amide bonds. The maximum Gasteiger partial charge on any atom is 0.225 e. The van der Waals surface area contributed by atoms with E-state index < -0.39 is 0 Å². The lowest BCUT2D eigenvalue weighted by Gasteiger charge is -2.32. The minimum atomic E-state index is 0.586. The second-order valence-corrected chi connectivity index (χ2v) is 8.62. The molecule has 0 bridgehead atoms. The Bertz CT molecular complexity index is 939. The van der Waals surface area contributed by atoms with Gasteiger partial charge in [0.25, 0.3) is 0 Å². The maximum absolute atomic E-state index is 5.97. The van der Waals surface area contributed by atoms with Gasteiger partial charge in [0.15, 0.2) is 0 Å². The molecule has 1 aliphatic carbocycles. The van der Waals surface area contributed by atoms with Gasteiger partial charge in [0.05, 0.1) is 24.0 Å². The predicted molar refractivity (Wildman–Crippen MR) is 115 cm³/mol. The minimum absolute atomic E-state index is 0.586. The van der Waals surface area contributed by atoms with Crippen molar-refractivity contribution in [2.75, 3.05) is 24.6 Å². The number of hydrogen-bond acceptors (Lipinski definition) is 6. The van der Waals surface area contributed by atoms with Crippen LogP contribution >= 0.6 is 11.6 Å².